The topological polar surface area (TPSA) is 261 Å². The van der Waals surface area contributed by atoms with Gasteiger partial charge in [-0.2, -0.15) is 0 Å². The zero-order valence-electron chi connectivity index (χ0n) is 26.2. The molecule has 268 valence electrons. The molecule has 3 aliphatic rings. The number of phenols is 1. The molecule has 0 spiro atoms. The summed E-state index contributed by atoms with van der Waals surface area (Å²) >= 11 is 0. The lowest BCUT2D eigenvalue weighted by atomic mass is 9.86. The zero-order chi connectivity index (χ0) is 35.1. The van der Waals surface area contributed by atoms with Crippen LogP contribution in [0, 0.1) is 5.92 Å². The molecule has 2 fully saturated rings. The molecule has 2 saturated heterocycles. The lowest BCUT2D eigenvalue weighted by Gasteiger charge is -2.42. The van der Waals surface area contributed by atoms with Gasteiger partial charge in [-0.25, -0.2) is 4.79 Å². The number of rotatable bonds is 12. The number of methoxy groups -OCH3 is 1. The van der Waals surface area contributed by atoms with Crippen molar-refractivity contribution < 1.29 is 83.6 Å². The van der Waals surface area contributed by atoms with Gasteiger partial charge in [0.05, 0.1) is 45.2 Å². The molecule has 8 N–H and O–H groups in total. The van der Waals surface area contributed by atoms with Crippen molar-refractivity contribution in [3.8, 4) is 5.75 Å². The molecule has 3 heterocycles. The highest BCUT2D eigenvalue weighted by molar-refractivity contribution is 5.90. The molecule has 12 atom stereocenters. The first-order valence-electron chi connectivity index (χ1n) is 15.2. The van der Waals surface area contributed by atoms with Crippen LogP contribution in [0.25, 0.3) is 0 Å². The number of aliphatic hydroxyl groups is 7. The first-order valence-corrected chi connectivity index (χ1v) is 15.2. The van der Waals surface area contributed by atoms with Crippen LogP contribution in [0.1, 0.15) is 18.9 Å². The summed E-state index contributed by atoms with van der Waals surface area (Å²) in [6.07, 6.45) is -14.9. The van der Waals surface area contributed by atoms with Crippen molar-refractivity contribution in [2.45, 2.75) is 87.5 Å². The van der Waals surface area contributed by atoms with E-state index in [1.54, 1.807) is 19.1 Å². The number of esters is 2. The van der Waals surface area contributed by atoms with Gasteiger partial charge < -0.3 is 74.0 Å². The van der Waals surface area contributed by atoms with E-state index in [-0.39, 0.29) is 23.5 Å². The molecule has 0 radical (unpaired) electrons. The summed E-state index contributed by atoms with van der Waals surface area (Å²) in [5.74, 6) is -2.90. The standard InChI is InChI=1S/C31H42O17/c1-3-16-17(18(28(41)42-2)13-44-29(16)48-30-26(40)24(38)22(36)19(11-32)45-30)10-21(35)47-27-25(39)23(37)20(12-33)46-31(27)43-9-8-14-4-6-15(34)7-5-14/h3-7,13,17,19-20,22-27,29-34,36-40H,8-12H2,1-2H3/t17-,19+,20+,22+,23+,24-,25-,26+,27+,29-,30-,31+/m0/s1. The number of carbonyl (C=O) groups is 2. The number of aromatic hydroxyl groups is 1. The Morgan fingerprint density at radius 3 is 2.10 bits per heavy atom. The van der Waals surface area contributed by atoms with Gasteiger partial charge in [0, 0.05) is 11.5 Å². The first-order chi connectivity index (χ1) is 22.9. The van der Waals surface area contributed by atoms with Gasteiger partial charge in [0.2, 0.25) is 6.29 Å². The van der Waals surface area contributed by atoms with E-state index in [1.807, 2.05) is 0 Å². The van der Waals surface area contributed by atoms with Gasteiger partial charge in [0.25, 0.3) is 0 Å². The monoisotopic (exact) mass is 686 g/mol. The third-order valence-electron chi connectivity index (χ3n) is 8.30. The van der Waals surface area contributed by atoms with Crippen molar-refractivity contribution in [1.82, 2.24) is 0 Å². The summed E-state index contributed by atoms with van der Waals surface area (Å²) < 4.78 is 38.5. The van der Waals surface area contributed by atoms with E-state index in [4.69, 9.17) is 33.2 Å². The van der Waals surface area contributed by atoms with E-state index in [9.17, 15) is 50.4 Å². The largest absolute Gasteiger partial charge is 0.508 e. The maximum Gasteiger partial charge on any atom is 0.337 e. The number of hydrogen-bond donors (Lipinski definition) is 8. The molecule has 48 heavy (non-hydrogen) atoms. The summed E-state index contributed by atoms with van der Waals surface area (Å²) in [5.41, 5.74) is 0.825. The molecular formula is C31H42O17. The van der Waals surface area contributed by atoms with Gasteiger partial charge in [0.15, 0.2) is 18.7 Å². The first kappa shape index (κ1) is 37.6. The molecule has 4 rings (SSSR count). The van der Waals surface area contributed by atoms with Gasteiger partial charge in [-0.15, -0.1) is 0 Å². The summed E-state index contributed by atoms with van der Waals surface area (Å²) in [5, 5.41) is 80.8. The molecular weight excluding hydrogens is 644 g/mol. The number of benzene rings is 1. The number of phenolic OH excluding ortho intramolecular Hbond substituents is 1. The Bertz CT molecular complexity index is 1280. The van der Waals surface area contributed by atoms with Crippen molar-refractivity contribution in [2.75, 3.05) is 26.9 Å². The van der Waals surface area contributed by atoms with Crippen LogP contribution in [-0.4, -0.2) is 147 Å². The van der Waals surface area contributed by atoms with E-state index >= 15 is 0 Å². The smallest absolute Gasteiger partial charge is 0.337 e. The van der Waals surface area contributed by atoms with Crippen LogP contribution in [0.3, 0.4) is 0 Å². The van der Waals surface area contributed by atoms with Crippen molar-refractivity contribution >= 4 is 11.9 Å². The normalized spacial score (nSPS) is 36.2. The number of hydrogen-bond acceptors (Lipinski definition) is 17. The maximum absolute atomic E-state index is 13.4. The predicted molar refractivity (Wildman–Crippen MR) is 157 cm³/mol. The highest BCUT2D eigenvalue weighted by Crippen LogP contribution is 2.37. The van der Waals surface area contributed by atoms with E-state index in [1.165, 1.54) is 18.2 Å². The van der Waals surface area contributed by atoms with Gasteiger partial charge in [-0.1, -0.05) is 18.2 Å². The van der Waals surface area contributed by atoms with E-state index < -0.39 is 105 Å². The van der Waals surface area contributed by atoms with Crippen molar-refractivity contribution in [2.24, 2.45) is 5.92 Å². The van der Waals surface area contributed by atoms with Crippen LogP contribution in [0.15, 0.2) is 47.7 Å². The Kier molecular flexibility index (Phi) is 13.3. The molecule has 0 aromatic heterocycles. The van der Waals surface area contributed by atoms with Gasteiger partial charge in [-0.05, 0) is 31.0 Å². The van der Waals surface area contributed by atoms with Crippen LogP contribution in [0.4, 0.5) is 0 Å². The highest BCUT2D eigenvalue weighted by Gasteiger charge is 2.49. The molecule has 0 unspecified atom stereocenters. The minimum Gasteiger partial charge on any atom is -0.508 e. The van der Waals surface area contributed by atoms with E-state index in [0.29, 0.717) is 6.42 Å². The Balaban J connectivity index is 1.50. The SMILES string of the molecule is CC=C1[C@H](O[C@@H]2O[C@H](CO)[C@@H](O)[C@H](O)[C@H]2O)OC=C(C(=O)OC)[C@H]1CC(=O)O[C@H]1[C@H](OCCc2ccc(O)cc2)O[C@H](CO)[C@@H](O)[C@@H]1O. The minimum atomic E-state index is -1.77. The van der Waals surface area contributed by atoms with Crippen molar-refractivity contribution in [3.05, 3.63) is 53.3 Å². The zero-order valence-corrected chi connectivity index (χ0v) is 26.2. The fourth-order valence-electron chi connectivity index (χ4n) is 5.56. The van der Waals surface area contributed by atoms with E-state index in [2.05, 4.69) is 0 Å². The Morgan fingerprint density at radius 2 is 1.50 bits per heavy atom. The molecule has 17 nitrogen and oxygen atoms in total. The van der Waals surface area contributed by atoms with E-state index in [0.717, 1.165) is 18.9 Å². The summed E-state index contributed by atoms with van der Waals surface area (Å²) in [6, 6.07) is 6.32. The summed E-state index contributed by atoms with van der Waals surface area (Å²) in [4.78, 5) is 26.1. The van der Waals surface area contributed by atoms with Crippen LogP contribution < -0.4 is 0 Å². The molecule has 0 saturated carbocycles. The Hall–Kier alpha value is -3.20. The predicted octanol–water partition coefficient (Wildman–Crippen LogP) is -2.52. The van der Waals surface area contributed by atoms with Crippen LogP contribution in [0.2, 0.25) is 0 Å². The molecule has 0 amide bonds. The molecule has 0 aliphatic carbocycles. The second-order valence-corrected chi connectivity index (χ2v) is 11.4. The summed E-state index contributed by atoms with van der Waals surface area (Å²) in [7, 11) is 1.11. The molecule has 1 aromatic rings. The number of carbonyl (C=O) groups excluding carboxylic acids is 2. The maximum atomic E-state index is 13.4. The van der Waals surface area contributed by atoms with Crippen molar-refractivity contribution in [3.63, 3.8) is 0 Å². The molecule has 0 bridgehead atoms. The Morgan fingerprint density at radius 1 is 0.875 bits per heavy atom. The lowest BCUT2D eigenvalue weighted by Crippen LogP contribution is -2.60. The average Bonchev–Trinajstić information content (AvgIpc) is 3.08. The molecule has 17 heteroatoms. The Labute approximate surface area is 275 Å². The second kappa shape index (κ2) is 17.0. The third kappa shape index (κ3) is 8.50. The summed E-state index contributed by atoms with van der Waals surface area (Å²) in [6.45, 7) is 0.161. The lowest BCUT2D eigenvalue weighted by molar-refractivity contribution is -0.327. The average molecular weight is 687 g/mol. The van der Waals surface area contributed by atoms with Gasteiger partial charge in [-0.3, -0.25) is 4.79 Å². The fourth-order valence-corrected chi connectivity index (χ4v) is 5.56. The van der Waals surface area contributed by atoms with Gasteiger partial charge in [0.1, 0.15) is 48.5 Å². The third-order valence-corrected chi connectivity index (χ3v) is 8.30. The van der Waals surface area contributed by atoms with Gasteiger partial charge >= 0.3 is 11.9 Å². The highest BCUT2D eigenvalue weighted by atomic mass is 16.8. The molecule has 1 aromatic carbocycles. The number of aliphatic hydroxyl groups excluding tert-OH is 7. The van der Waals surface area contributed by atoms with Crippen LogP contribution in [0.5, 0.6) is 5.75 Å². The van der Waals surface area contributed by atoms with Crippen LogP contribution in [-0.2, 0) is 49.2 Å². The quantitative estimate of drug-likeness (QED) is 0.0834. The second-order valence-electron chi connectivity index (χ2n) is 11.4. The minimum absolute atomic E-state index is 0.000656. The molecule has 3 aliphatic heterocycles. The number of allylic oxidation sites excluding steroid dienone is 1. The number of ether oxygens (including phenoxy) is 7. The van der Waals surface area contributed by atoms with Crippen molar-refractivity contribution in [1.29, 1.82) is 0 Å². The fraction of sp³-hybridized carbons (Fsp3) is 0.613. The van der Waals surface area contributed by atoms with Crippen LogP contribution >= 0.6 is 0 Å².